The lowest BCUT2D eigenvalue weighted by Crippen LogP contribution is -2.42. The molecule has 4 rings (SSSR count). The second-order valence-electron chi connectivity index (χ2n) is 6.28. The molecule has 2 bridgehead atoms. The van der Waals surface area contributed by atoms with Gasteiger partial charge in [-0.2, -0.15) is 0 Å². The van der Waals surface area contributed by atoms with E-state index in [1.165, 1.54) is 37.8 Å². The van der Waals surface area contributed by atoms with Gasteiger partial charge in [0.2, 0.25) is 0 Å². The van der Waals surface area contributed by atoms with Crippen molar-refractivity contribution in [1.29, 1.82) is 0 Å². The zero-order chi connectivity index (χ0) is 11.9. The summed E-state index contributed by atoms with van der Waals surface area (Å²) < 4.78 is 11.3. The van der Waals surface area contributed by atoms with Crippen molar-refractivity contribution in [1.82, 2.24) is 4.90 Å². The van der Waals surface area contributed by atoms with Crippen LogP contribution in [0, 0.1) is 11.8 Å². The Bertz CT molecular complexity index is 399. The summed E-state index contributed by atoms with van der Waals surface area (Å²) in [7, 11) is 0. The Kier molecular flexibility index (Phi) is 2.70. The van der Waals surface area contributed by atoms with Crippen LogP contribution >= 0.6 is 0 Å². The van der Waals surface area contributed by atoms with Crippen LogP contribution in [0.1, 0.15) is 31.2 Å². The number of likely N-dealkylation sites (tertiary alicyclic amines) is 1. The van der Waals surface area contributed by atoms with Crippen LogP contribution in [0.4, 0.5) is 0 Å². The second kappa shape index (κ2) is 4.39. The molecule has 0 radical (unpaired) electrons. The average Bonchev–Trinajstić information content (AvgIpc) is 2.79. The lowest BCUT2D eigenvalue weighted by molar-refractivity contribution is -0.0174. The van der Waals surface area contributed by atoms with Crippen LogP contribution in [-0.4, -0.2) is 30.2 Å². The lowest BCUT2D eigenvalue weighted by atomic mass is 10.1. The molecular formula is C15H21NO2. The molecule has 3 aliphatic rings. The van der Waals surface area contributed by atoms with E-state index in [2.05, 4.69) is 11.0 Å². The quantitative estimate of drug-likeness (QED) is 0.800. The van der Waals surface area contributed by atoms with Crippen LogP contribution in [0.5, 0.6) is 0 Å². The maximum atomic E-state index is 6.15. The molecule has 1 saturated heterocycles. The highest BCUT2D eigenvalue weighted by atomic mass is 16.5. The third kappa shape index (κ3) is 2.10. The molecule has 0 N–H and O–H groups in total. The van der Waals surface area contributed by atoms with Gasteiger partial charge in [-0.3, -0.25) is 4.90 Å². The van der Waals surface area contributed by atoms with Gasteiger partial charge in [-0.05, 0) is 43.6 Å². The topological polar surface area (TPSA) is 25.6 Å². The molecule has 18 heavy (non-hydrogen) atoms. The minimum atomic E-state index is 0.497. The molecule has 2 aliphatic carbocycles. The molecule has 1 aromatic heterocycles. The van der Waals surface area contributed by atoms with Gasteiger partial charge in [0, 0.05) is 31.3 Å². The molecule has 2 heterocycles. The van der Waals surface area contributed by atoms with Gasteiger partial charge in [0.25, 0.3) is 0 Å². The van der Waals surface area contributed by atoms with Crippen LogP contribution in [-0.2, 0) is 11.3 Å². The average molecular weight is 247 g/mol. The Labute approximate surface area is 108 Å². The third-order valence-corrected chi connectivity index (χ3v) is 4.74. The van der Waals surface area contributed by atoms with E-state index in [1.807, 2.05) is 6.26 Å². The molecule has 3 fully saturated rings. The molecule has 98 valence electrons. The predicted molar refractivity (Wildman–Crippen MR) is 68.1 cm³/mol. The number of hydrogen-bond acceptors (Lipinski definition) is 3. The second-order valence-corrected chi connectivity index (χ2v) is 6.28. The fourth-order valence-corrected chi connectivity index (χ4v) is 3.60. The first-order valence-electron chi connectivity index (χ1n) is 7.25. The van der Waals surface area contributed by atoms with E-state index in [-0.39, 0.29) is 0 Å². The minimum absolute atomic E-state index is 0.497. The van der Waals surface area contributed by atoms with Gasteiger partial charge in [-0.15, -0.1) is 0 Å². The van der Waals surface area contributed by atoms with Crippen molar-refractivity contribution in [3.05, 3.63) is 24.2 Å². The maximum absolute atomic E-state index is 6.15. The predicted octanol–water partition coefficient (Wildman–Crippen LogP) is 2.67. The standard InChI is InChI=1S/C15H21NO2/c1-2-11(1)10-18-15-6-13-5-14(15)16(8-13)7-12-3-4-17-9-12/h3-4,9,11,13-15H,1-2,5-8,10H2. The highest BCUT2D eigenvalue weighted by Gasteiger charge is 2.45. The number of furan rings is 1. The fourth-order valence-electron chi connectivity index (χ4n) is 3.60. The molecule has 0 aromatic carbocycles. The number of nitrogens with zero attached hydrogens (tertiary/aromatic N) is 1. The first-order chi connectivity index (χ1) is 8.88. The Hall–Kier alpha value is -0.800. The smallest absolute Gasteiger partial charge is 0.0947 e. The van der Waals surface area contributed by atoms with Gasteiger partial charge in [0.1, 0.15) is 0 Å². The summed E-state index contributed by atoms with van der Waals surface area (Å²) >= 11 is 0. The van der Waals surface area contributed by atoms with E-state index in [1.54, 1.807) is 6.26 Å². The fraction of sp³-hybridized carbons (Fsp3) is 0.733. The van der Waals surface area contributed by atoms with Crippen molar-refractivity contribution in [2.45, 2.75) is 44.4 Å². The molecule has 3 nitrogen and oxygen atoms in total. The Morgan fingerprint density at radius 3 is 3.00 bits per heavy atom. The van der Waals surface area contributed by atoms with E-state index in [9.17, 15) is 0 Å². The van der Waals surface area contributed by atoms with Crippen molar-refractivity contribution in [2.75, 3.05) is 13.2 Å². The first-order valence-corrected chi connectivity index (χ1v) is 7.25. The zero-order valence-corrected chi connectivity index (χ0v) is 10.8. The molecule has 1 aliphatic heterocycles. The molecule has 3 atom stereocenters. The maximum Gasteiger partial charge on any atom is 0.0947 e. The monoisotopic (exact) mass is 247 g/mol. The highest BCUT2D eigenvalue weighted by molar-refractivity contribution is 5.08. The van der Waals surface area contributed by atoms with Crippen LogP contribution in [0.2, 0.25) is 0 Å². The summed E-state index contributed by atoms with van der Waals surface area (Å²) in [6, 6.07) is 2.73. The van der Waals surface area contributed by atoms with E-state index in [0.29, 0.717) is 12.1 Å². The molecule has 2 saturated carbocycles. The molecule has 0 amide bonds. The first kappa shape index (κ1) is 11.1. The SMILES string of the molecule is c1cc(CN2CC3CC(OCC4CC4)C2C3)co1. The van der Waals surface area contributed by atoms with Crippen LogP contribution in [0.3, 0.4) is 0 Å². The van der Waals surface area contributed by atoms with Crippen molar-refractivity contribution >= 4 is 0 Å². The highest BCUT2D eigenvalue weighted by Crippen LogP contribution is 2.41. The number of ether oxygens (including phenoxy) is 1. The Morgan fingerprint density at radius 1 is 1.33 bits per heavy atom. The van der Waals surface area contributed by atoms with Gasteiger partial charge in [-0.1, -0.05) is 0 Å². The summed E-state index contributed by atoms with van der Waals surface area (Å²) in [5.41, 5.74) is 1.29. The van der Waals surface area contributed by atoms with Gasteiger partial charge < -0.3 is 9.15 Å². The third-order valence-electron chi connectivity index (χ3n) is 4.74. The van der Waals surface area contributed by atoms with Crippen molar-refractivity contribution in [3.8, 4) is 0 Å². The lowest BCUT2D eigenvalue weighted by Gasteiger charge is -2.32. The van der Waals surface area contributed by atoms with Crippen LogP contribution in [0.25, 0.3) is 0 Å². The summed E-state index contributed by atoms with van der Waals surface area (Å²) in [6.45, 7) is 3.29. The zero-order valence-electron chi connectivity index (χ0n) is 10.8. The van der Waals surface area contributed by atoms with Gasteiger partial charge >= 0.3 is 0 Å². The van der Waals surface area contributed by atoms with Crippen molar-refractivity contribution in [3.63, 3.8) is 0 Å². The molecule has 3 heteroatoms. The Morgan fingerprint density at radius 2 is 2.28 bits per heavy atom. The van der Waals surface area contributed by atoms with E-state index >= 15 is 0 Å². The molecule has 3 unspecified atom stereocenters. The number of fused-ring (bicyclic) bond motifs is 2. The van der Waals surface area contributed by atoms with Crippen LogP contribution in [0.15, 0.2) is 23.0 Å². The van der Waals surface area contributed by atoms with E-state index in [0.717, 1.165) is 25.0 Å². The summed E-state index contributed by atoms with van der Waals surface area (Å²) in [4.78, 5) is 2.59. The van der Waals surface area contributed by atoms with Crippen molar-refractivity contribution < 1.29 is 9.15 Å². The summed E-state index contributed by atoms with van der Waals surface area (Å²) in [5, 5.41) is 0. The van der Waals surface area contributed by atoms with E-state index in [4.69, 9.17) is 9.15 Å². The van der Waals surface area contributed by atoms with Crippen molar-refractivity contribution in [2.24, 2.45) is 11.8 Å². The molecular weight excluding hydrogens is 226 g/mol. The number of rotatable bonds is 5. The number of hydrogen-bond donors (Lipinski definition) is 0. The summed E-state index contributed by atoms with van der Waals surface area (Å²) in [6.07, 6.45) is 9.54. The molecule has 0 spiro atoms. The van der Waals surface area contributed by atoms with Crippen LogP contribution < -0.4 is 0 Å². The summed E-state index contributed by atoms with van der Waals surface area (Å²) in [5.74, 6) is 1.75. The Balaban J connectivity index is 1.37. The number of piperidine rings is 1. The van der Waals surface area contributed by atoms with E-state index < -0.39 is 0 Å². The van der Waals surface area contributed by atoms with Gasteiger partial charge in [-0.25, -0.2) is 0 Å². The molecule has 1 aromatic rings. The van der Waals surface area contributed by atoms with Gasteiger partial charge in [0.15, 0.2) is 0 Å². The van der Waals surface area contributed by atoms with Gasteiger partial charge in [0.05, 0.1) is 18.6 Å². The minimum Gasteiger partial charge on any atom is -0.472 e. The normalized spacial score (nSPS) is 35.4. The largest absolute Gasteiger partial charge is 0.472 e.